The number of amides is 1. The van der Waals surface area contributed by atoms with Crippen LogP contribution in [0.2, 0.25) is 10.0 Å². The fourth-order valence-corrected chi connectivity index (χ4v) is 3.00. The number of aryl methyl sites for hydroxylation is 1. The highest BCUT2D eigenvalue weighted by Crippen LogP contribution is 2.23. The maximum atomic E-state index is 12.3. The van der Waals surface area contributed by atoms with Crippen molar-refractivity contribution in [1.29, 1.82) is 0 Å². The Balaban J connectivity index is 1.93. The van der Waals surface area contributed by atoms with Gasteiger partial charge in [-0.25, -0.2) is 0 Å². The van der Waals surface area contributed by atoms with Crippen LogP contribution in [0.5, 0.6) is 5.75 Å². The molecule has 128 valence electrons. The second-order valence-corrected chi connectivity index (χ2v) is 6.38. The molecule has 1 atom stereocenters. The zero-order valence-electron chi connectivity index (χ0n) is 13.8. The zero-order chi connectivity index (χ0) is 17.5. The van der Waals surface area contributed by atoms with Crippen molar-refractivity contribution < 1.29 is 9.53 Å². The van der Waals surface area contributed by atoms with Gasteiger partial charge in [0.25, 0.3) is 0 Å². The van der Waals surface area contributed by atoms with E-state index in [2.05, 4.69) is 5.32 Å². The van der Waals surface area contributed by atoms with Crippen LogP contribution in [0.15, 0.2) is 42.5 Å². The SMILES string of the molecule is CC[C@H](NC(=O)CCc1ccc(Cl)cc1Cl)c1ccc(OC)cc1. The summed E-state index contributed by atoms with van der Waals surface area (Å²) >= 11 is 12.0. The largest absolute Gasteiger partial charge is 0.497 e. The van der Waals surface area contributed by atoms with Crippen LogP contribution < -0.4 is 10.1 Å². The minimum absolute atomic E-state index is 0.00341. The molecule has 1 N–H and O–H groups in total. The van der Waals surface area contributed by atoms with E-state index in [-0.39, 0.29) is 11.9 Å². The average Bonchev–Trinajstić information content (AvgIpc) is 2.59. The van der Waals surface area contributed by atoms with Gasteiger partial charge in [-0.2, -0.15) is 0 Å². The summed E-state index contributed by atoms with van der Waals surface area (Å²) in [6, 6.07) is 13.1. The summed E-state index contributed by atoms with van der Waals surface area (Å²) in [4.78, 5) is 12.3. The van der Waals surface area contributed by atoms with Gasteiger partial charge in [0.2, 0.25) is 5.91 Å². The molecule has 0 spiro atoms. The van der Waals surface area contributed by atoms with Crippen LogP contribution >= 0.6 is 23.2 Å². The van der Waals surface area contributed by atoms with Gasteiger partial charge in [-0.3, -0.25) is 4.79 Å². The molecule has 0 saturated carbocycles. The number of carbonyl (C=O) groups excluding carboxylic acids is 1. The Kier molecular flexibility index (Phi) is 6.95. The highest BCUT2D eigenvalue weighted by atomic mass is 35.5. The van der Waals surface area contributed by atoms with Crippen molar-refractivity contribution in [2.24, 2.45) is 0 Å². The number of hydrogen-bond acceptors (Lipinski definition) is 2. The van der Waals surface area contributed by atoms with E-state index in [1.54, 1.807) is 19.2 Å². The highest BCUT2D eigenvalue weighted by molar-refractivity contribution is 6.35. The Labute approximate surface area is 152 Å². The number of nitrogens with one attached hydrogen (secondary N) is 1. The molecule has 1 amide bonds. The highest BCUT2D eigenvalue weighted by Gasteiger charge is 2.13. The summed E-state index contributed by atoms with van der Waals surface area (Å²) in [6.07, 6.45) is 1.79. The van der Waals surface area contributed by atoms with Crippen LogP contribution in [-0.4, -0.2) is 13.0 Å². The smallest absolute Gasteiger partial charge is 0.220 e. The van der Waals surface area contributed by atoms with Crippen LogP contribution in [0.25, 0.3) is 0 Å². The molecule has 0 aliphatic heterocycles. The molecule has 0 heterocycles. The van der Waals surface area contributed by atoms with Crippen molar-refractivity contribution in [1.82, 2.24) is 5.32 Å². The molecule has 5 heteroatoms. The van der Waals surface area contributed by atoms with E-state index in [4.69, 9.17) is 27.9 Å². The Hall–Kier alpha value is -1.71. The van der Waals surface area contributed by atoms with Crippen molar-refractivity contribution in [3.8, 4) is 5.75 Å². The molecule has 0 saturated heterocycles. The lowest BCUT2D eigenvalue weighted by Crippen LogP contribution is -2.28. The Morgan fingerprint density at radius 2 is 1.88 bits per heavy atom. The molecule has 2 aromatic rings. The van der Waals surface area contributed by atoms with Crippen LogP contribution in [0, 0.1) is 0 Å². The van der Waals surface area contributed by atoms with Crippen molar-refractivity contribution >= 4 is 29.1 Å². The molecule has 0 aliphatic carbocycles. The van der Waals surface area contributed by atoms with Gasteiger partial charge >= 0.3 is 0 Å². The molecule has 3 nitrogen and oxygen atoms in total. The summed E-state index contributed by atoms with van der Waals surface area (Å²) in [5.74, 6) is 0.806. The summed E-state index contributed by atoms with van der Waals surface area (Å²) in [6.45, 7) is 2.05. The molecule has 24 heavy (non-hydrogen) atoms. The normalized spacial score (nSPS) is 11.8. The predicted octanol–water partition coefficient (Wildman–Crippen LogP) is 5.20. The first-order chi connectivity index (χ1) is 11.5. The van der Waals surface area contributed by atoms with Crippen molar-refractivity contribution in [2.75, 3.05) is 7.11 Å². The van der Waals surface area contributed by atoms with Gasteiger partial charge in [-0.1, -0.05) is 48.3 Å². The molecular weight excluding hydrogens is 345 g/mol. The maximum Gasteiger partial charge on any atom is 0.220 e. The number of benzene rings is 2. The second-order valence-electron chi connectivity index (χ2n) is 5.54. The first kappa shape index (κ1) is 18.6. The number of ether oxygens (including phenoxy) is 1. The molecule has 0 aromatic heterocycles. The summed E-state index contributed by atoms with van der Waals surface area (Å²) in [5, 5.41) is 4.26. The molecule has 2 rings (SSSR count). The van der Waals surface area contributed by atoms with Crippen LogP contribution in [0.3, 0.4) is 0 Å². The molecular formula is C19H21Cl2NO2. The third-order valence-electron chi connectivity index (χ3n) is 3.90. The number of rotatable bonds is 7. The standard InChI is InChI=1S/C19H21Cl2NO2/c1-3-18(14-5-9-16(24-2)10-6-14)22-19(23)11-7-13-4-8-15(20)12-17(13)21/h4-6,8-10,12,18H,3,7,11H2,1-2H3,(H,22,23)/t18-/m0/s1. The van der Waals surface area contributed by atoms with Crippen molar-refractivity contribution in [3.05, 3.63) is 63.6 Å². The van der Waals surface area contributed by atoms with E-state index < -0.39 is 0 Å². The number of hydrogen-bond donors (Lipinski definition) is 1. The van der Waals surface area contributed by atoms with E-state index in [1.165, 1.54) is 0 Å². The van der Waals surface area contributed by atoms with Gasteiger partial charge in [0.15, 0.2) is 0 Å². The topological polar surface area (TPSA) is 38.3 Å². The lowest BCUT2D eigenvalue weighted by molar-refractivity contribution is -0.121. The van der Waals surface area contributed by atoms with E-state index in [1.807, 2.05) is 37.3 Å². The van der Waals surface area contributed by atoms with E-state index in [9.17, 15) is 4.79 Å². The molecule has 2 aromatic carbocycles. The lowest BCUT2D eigenvalue weighted by Gasteiger charge is -2.18. The summed E-state index contributed by atoms with van der Waals surface area (Å²) in [5.41, 5.74) is 1.99. The van der Waals surface area contributed by atoms with Crippen LogP contribution in [0.4, 0.5) is 0 Å². The second kappa shape index (κ2) is 8.95. The number of carbonyl (C=O) groups is 1. The maximum absolute atomic E-state index is 12.3. The number of methoxy groups -OCH3 is 1. The van der Waals surface area contributed by atoms with Crippen LogP contribution in [0.1, 0.15) is 36.9 Å². The van der Waals surface area contributed by atoms with Gasteiger partial charge in [0.1, 0.15) is 5.75 Å². The predicted molar refractivity (Wildman–Crippen MR) is 99.0 cm³/mol. The molecule has 0 bridgehead atoms. The van der Waals surface area contributed by atoms with E-state index >= 15 is 0 Å². The number of halogens is 2. The van der Waals surface area contributed by atoms with Gasteiger partial charge in [-0.15, -0.1) is 0 Å². The van der Waals surface area contributed by atoms with E-state index in [0.717, 1.165) is 23.3 Å². The lowest BCUT2D eigenvalue weighted by atomic mass is 10.0. The third-order valence-corrected chi connectivity index (χ3v) is 4.49. The first-order valence-electron chi connectivity index (χ1n) is 7.90. The fourth-order valence-electron chi connectivity index (χ4n) is 2.50. The minimum atomic E-state index is -0.0101. The summed E-state index contributed by atoms with van der Waals surface area (Å²) in [7, 11) is 1.63. The monoisotopic (exact) mass is 365 g/mol. The fraction of sp³-hybridized carbons (Fsp3) is 0.316. The molecule has 0 aliphatic rings. The Morgan fingerprint density at radius 1 is 1.17 bits per heavy atom. The third kappa shape index (κ3) is 5.15. The quantitative estimate of drug-likeness (QED) is 0.731. The zero-order valence-corrected chi connectivity index (χ0v) is 15.3. The molecule has 0 fully saturated rings. The van der Waals surface area contributed by atoms with E-state index in [0.29, 0.717) is 22.9 Å². The Morgan fingerprint density at radius 3 is 2.46 bits per heavy atom. The van der Waals surface area contributed by atoms with Crippen LogP contribution in [-0.2, 0) is 11.2 Å². The first-order valence-corrected chi connectivity index (χ1v) is 8.66. The average molecular weight is 366 g/mol. The minimum Gasteiger partial charge on any atom is -0.497 e. The van der Waals surface area contributed by atoms with Gasteiger partial charge in [0, 0.05) is 16.5 Å². The van der Waals surface area contributed by atoms with Gasteiger partial charge < -0.3 is 10.1 Å². The van der Waals surface area contributed by atoms with Crippen molar-refractivity contribution in [2.45, 2.75) is 32.2 Å². The van der Waals surface area contributed by atoms with Crippen molar-refractivity contribution in [3.63, 3.8) is 0 Å². The summed E-state index contributed by atoms with van der Waals surface area (Å²) < 4.78 is 5.16. The molecule has 0 unspecified atom stereocenters. The van der Waals surface area contributed by atoms with Gasteiger partial charge in [0.05, 0.1) is 13.2 Å². The molecule has 0 radical (unpaired) electrons. The Bertz CT molecular complexity index is 686. The van der Waals surface area contributed by atoms with Gasteiger partial charge in [-0.05, 0) is 48.2 Å².